The summed E-state index contributed by atoms with van der Waals surface area (Å²) in [5.74, 6) is 0.0376. The van der Waals surface area contributed by atoms with Gasteiger partial charge in [0.15, 0.2) is 5.65 Å². The van der Waals surface area contributed by atoms with E-state index in [4.69, 9.17) is 4.74 Å². The summed E-state index contributed by atoms with van der Waals surface area (Å²) >= 11 is 0. The fourth-order valence-corrected chi connectivity index (χ4v) is 6.57. The first-order valence-electron chi connectivity index (χ1n) is 12.3. The Labute approximate surface area is 203 Å². The minimum Gasteiger partial charge on any atom is -0.448 e. The van der Waals surface area contributed by atoms with E-state index < -0.39 is 5.60 Å². The second kappa shape index (κ2) is 7.65. The summed E-state index contributed by atoms with van der Waals surface area (Å²) in [6.45, 7) is 0.311. The van der Waals surface area contributed by atoms with Crippen LogP contribution in [0.4, 0.5) is 4.79 Å². The van der Waals surface area contributed by atoms with E-state index in [0.29, 0.717) is 25.1 Å². The second-order valence-corrected chi connectivity index (χ2v) is 9.98. The van der Waals surface area contributed by atoms with Gasteiger partial charge >= 0.3 is 6.09 Å². The van der Waals surface area contributed by atoms with Gasteiger partial charge in [-0.25, -0.2) is 14.3 Å². The lowest BCUT2D eigenvalue weighted by molar-refractivity contribution is -0.0523. The number of ether oxygens (including phenoxy) is 1. The zero-order chi connectivity index (χ0) is 23.6. The quantitative estimate of drug-likeness (QED) is 0.481. The molecule has 176 valence electrons. The minimum absolute atomic E-state index is 0.0376. The molecule has 0 spiro atoms. The summed E-state index contributed by atoms with van der Waals surface area (Å²) < 4.78 is 7.65. The number of nitrogens with zero attached hydrogens (tertiary/aromatic N) is 4. The third kappa shape index (κ3) is 3.11. The molecule has 0 saturated carbocycles. The lowest BCUT2D eigenvalue weighted by Gasteiger charge is -2.42. The summed E-state index contributed by atoms with van der Waals surface area (Å²) in [6.07, 6.45) is 7.63. The Kier molecular flexibility index (Phi) is 4.51. The van der Waals surface area contributed by atoms with Crippen LogP contribution < -0.4 is 0 Å². The highest BCUT2D eigenvalue weighted by Gasteiger charge is 2.51. The van der Waals surface area contributed by atoms with Crippen LogP contribution in [0.1, 0.15) is 48.3 Å². The van der Waals surface area contributed by atoms with E-state index in [9.17, 15) is 9.90 Å². The van der Waals surface area contributed by atoms with Crippen LogP contribution in [0.5, 0.6) is 0 Å². The van der Waals surface area contributed by atoms with E-state index in [-0.39, 0.29) is 24.1 Å². The molecule has 4 heterocycles. The highest BCUT2D eigenvalue weighted by Crippen LogP contribution is 2.48. The average molecular weight is 467 g/mol. The van der Waals surface area contributed by atoms with Crippen molar-refractivity contribution in [3.8, 4) is 11.1 Å². The molecule has 7 nitrogen and oxygen atoms in total. The highest BCUT2D eigenvalue weighted by molar-refractivity contribution is 5.79. The van der Waals surface area contributed by atoms with E-state index in [1.54, 1.807) is 16.9 Å². The molecule has 2 fully saturated rings. The van der Waals surface area contributed by atoms with Gasteiger partial charge in [-0.3, -0.25) is 0 Å². The molecule has 4 aromatic rings. The number of carbonyl (C=O) groups is 1. The third-order valence-corrected chi connectivity index (χ3v) is 8.09. The summed E-state index contributed by atoms with van der Waals surface area (Å²) in [5, 5.41) is 16.0. The molecule has 2 aliphatic heterocycles. The van der Waals surface area contributed by atoms with Gasteiger partial charge in [-0.2, -0.15) is 5.10 Å². The molecule has 2 unspecified atom stereocenters. The lowest BCUT2D eigenvalue weighted by Crippen LogP contribution is -2.52. The Bertz CT molecular complexity index is 1390. The number of rotatable bonds is 3. The monoisotopic (exact) mass is 466 g/mol. The normalized spacial score (nSPS) is 25.0. The summed E-state index contributed by atoms with van der Waals surface area (Å²) in [5.41, 5.74) is 5.20. The maximum absolute atomic E-state index is 13.3. The molecular formula is C28H26N4O3. The number of fused-ring (bicyclic) bond motifs is 6. The third-order valence-electron chi connectivity index (χ3n) is 8.09. The van der Waals surface area contributed by atoms with Crippen LogP contribution in [-0.4, -0.2) is 49.4 Å². The Morgan fingerprint density at radius 1 is 1.00 bits per heavy atom. The number of carbonyl (C=O) groups excluding carboxylic acids is 1. The lowest BCUT2D eigenvalue weighted by atomic mass is 9.81. The van der Waals surface area contributed by atoms with Crippen molar-refractivity contribution >= 4 is 11.7 Å². The van der Waals surface area contributed by atoms with Crippen LogP contribution in [0.25, 0.3) is 16.8 Å². The van der Waals surface area contributed by atoms with Crippen molar-refractivity contribution in [3.63, 3.8) is 0 Å². The molecule has 1 aliphatic carbocycles. The van der Waals surface area contributed by atoms with Crippen LogP contribution in [0.3, 0.4) is 0 Å². The predicted molar refractivity (Wildman–Crippen MR) is 130 cm³/mol. The van der Waals surface area contributed by atoms with Gasteiger partial charge < -0.3 is 14.7 Å². The van der Waals surface area contributed by atoms with Gasteiger partial charge in [0.25, 0.3) is 0 Å². The van der Waals surface area contributed by atoms with E-state index >= 15 is 0 Å². The smallest absolute Gasteiger partial charge is 0.410 e. The van der Waals surface area contributed by atoms with E-state index in [1.807, 2.05) is 29.3 Å². The fraction of sp³-hybridized carbons (Fsp3) is 0.321. The van der Waals surface area contributed by atoms with E-state index in [0.717, 1.165) is 18.4 Å². The molecule has 2 atom stereocenters. The number of amides is 1. The standard InChI is InChI=1S/C28H26N4O3/c33-27(35-17-24-22-8-3-1-6-20(22)21-7-2-4-9-23(21)24)32-18-10-11-19(32)15-28(34,14-18)25-16-30-31-13-5-12-29-26(25)31/h1-9,12-13,16,18-19,24,34H,10-11,14-15,17H2. The van der Waals surface area contributed by atoms with Crippen molar-refractivity contribution in [1.29, 1.82) is 0 Å². The zero-order valence-electron chi connectivity index (χ0n) is 19.2. The number of benzene rings is 2. The van der Waals surface area contributed by atoms with Crippen molar-refractivity contribution in [2.75, 3.05) is 6.61 Å². The Morgan fingerprint density at radius 3 is 2.34 bits per heavy atom. The number of piperidine rings is 1. The van der Waals surface area contributed by atoms with Gasteiger partial charge in [0.05, 0.1) is 11.8 Å². The number of hydrogen-bond acceptors (Lipinski definition) is 5. The summed E-state index contributed by atoms with van der Waals surface area (Å²) in [6, 6.07) is 18.4. The van der Waals surface area contributed by atoms with Crippen molar-refractivity contribution in [2.45, 2.75) is 49.3 Å². The molecule has 2 saturated heterocycles. The summed E-state index contributed by atoms with van der Waals surface area (Å²) in [4.78, 5) is 19.6. The number of hydrogen-bond donors (Lipinski definition) is 1. The molecule has 1 N–H and O–H groups in total. The van der Waals surface area contributed by atoms with Crippen LogP contribution >= 0.6 is 0 Å². The van der Waals surface area contributed by atoms with Crippen molar-refractivity contribution < 1.29 is 14.6 Å². The van der Waals surface area contributed by atoms with Crippen molar-refractivity contribution in [2.24, 2.45) is 0 Å². The van der Waals surface area contributed by atoms with E-state index in [2.05, 4.69) is 46.5 Å². The predicted octanol–water partition coefficient (Wildman–Crippen LogP) is 4.49. The van der Waals surface area contributed by atoms with Crippen LogP contribution in [0.15, 0.2) is 73.2 Å². The summed E-state index contributed by atoms with van der Waals surface area (Å²) in [7, 11) is 0. The second-order valence-electron chi connectivity index (χ2n) is 9.98. The van der Waals surface area contributed by atoms with Gasteiger partial charge in [-0.15, -0.1) is 0 Å². The van der Waals surface area contributed by atoms with Gasteiger partial charge in [0.1, 0.15) is 6.61 Å². The molecule has 35 heavy (non-hydrogen) atoms. The first-order chi connectivity index (χ1) is 17.1. The van der Waals surface area contributed by atoms with Crippen LogP contribution in [0.2, 0.25) is 0 Å². The van der Waals surface area contributed by atoms with Crippen molar-refractivity contribution in [1.82, 2.24) is 19.5 Å². The molecule has 7 heteroatoms. The molecule has 7 rings (SSSR count). The number of aliphatic hydroxyl groups is 1. The highest BCUT2D eigenvalue weighted by atomic mass is 16.6. The zero-order valence-corrected chi connectivity index (χ0v) is 19.2. The molecular weight excluding hydrogens is 440 g/mol. The molecule has 2 aromatic carbocycles. The molecule has 1 amide bonds. The van der Waals surface area contributed by atoms with Gasteiger partial charge in [-0.05, 0) is 41.2 Å². The first-order valence-corrected chi connectivity index (χ1v) is 12.3. The van der Waals surface area contributed by atoms with Gasteiger partial charge in [-0.1, -0.05) is 48.5 Å². The SMILES string of the molecule is O=C(OCC1c2ccccc2-c2ccccc21)N1C2CCC1CC(O)(c1cnn3cccnc13)C2. The van der Waals surface area contributed by atoms with Crippen LogP contribution in [-0.2, 0) is 10.3 Å². The Balaban J connectivity index is 1.10. The fourth-order valence-electron chi connectivity index (χ4n) is 6.57. The molecule has 0 radical (unpaired) electrons. The molecule has 2 bridgehead atoms. The molecule has 3 aliphatic rings. The minimum atomic E-state index is -1.05. The first kappa shape index (κ1) is 20.6. The maximum atomic E-state index is 13.3. The van der Waals surface area contributed by atoms with Gasteiger partial charge in [0, 0.05) is 48.8 Å². The average Bonchev–Trinajstić information content (AvgIpc) is 3.54. The van der Waals surface area contributed by atoms with Crippen LogP contribution in [0, 0.1) is 0 Å². The molecule has 2 aromatic heterocycles. The maximum Gasteiger partial charge on any atom is 0.410 e. The number of aromatic nitrogens is 3. The largest absolute Gasteiger partial charge is 0.448 e. The topological polar surface area (TPSA) is 80.0 Å². The Morgan fingerprint density at radius 2 is 1.66 bits per heavy atom. The van der Waals surface area contributed by atoms with E-state index in [1.165, 1.54) is 22.3 Å². The Hall–Kier alpha value is -3.71. The van der Waals surface area contributed by atoms with Crippen molar-refractivity contribution in [3.05, 3.63) is 89.9 Å². The van der Waals surface area contributed by atoms with Gasteiger partial charge in [0.2, 0.25) is 0 Å².